The van der Waals surface area contributed by atoms with Crippen LogP contribution in [0.1, 0.15) is 12.0 Å². The lowest BCUT2D eigenvalue weighted by Gasteiger charge is -2.30. The van der Waals surface area contributed by atoms with E-state index in [0.717, 1.165) is 6.07 Å². The lowest BCUT2D eigenvalue weighted by atomic mass is 10.0. The first-order valence-corrected chi connectivity index (χ1v) is 9.89. The van der Waals surface area contributed by atoms with Gasteiger partial charge in [-0.2, -0.15) is 13.2 Å². The van der Waals surface area contributed by atoms with E-state index in [1.807, 2.05) is 0 Å². The molecular formula is C12H12F5NO4S2. The van der Waals surface area contributed by atoms with Crippen LogP contribution in [0, 0.1) is 11.6 Å². The van der Waals surface area contributed by atoms with Gasteiger partial charge in [0.15, 0.2) is 11.6 Å². The standard InChI is InChI=1S/C12H12F5NO4S2/c13-9-6-8-2-1-3-18(11(8)7-10(9)14)24(21,22)5-4-23(19,20)12(15,16)17/h6-7H,1-5H2. The number of sulfonamides is 1. The normalized spacial score (nSPS) is 16.1. The van der Waals surface area contributed by atoms with Crippen molar-refractivity contribution in [2.45, 2.75) is 18.3 Å². The van der Waals surface area contributed by atoms with Gasteiger partial charge in [-0.25, -0.2) is 25.6 Å². The highest BCUT2D eigenvalue weighted by Crippen LogP contribution is 2.32. The van der Waals surface area contributed by atoms with Gasteiger partial charge in [0.05, 0.1) is 17.2 Å². The zero-order chi connectivity index (χ0) is 18.3. The van der Waals surface area contributed by atoms with Gasteiger partial charge in [0.2, 0.25) is 19.9 Å². The molecule has 0 fully saturated rings. The Morgan fingerprint density at radius 3 is 2.17 bits per heavy atom. The van der Waals surface area contributed by atoms with Gasteiger partial charge in [-0.05, 0) is 24.5 Å². The summed E-state index contributed by atoms with van der Waals surface area (Å²) in [6.07, 6.45) is 0.503. The van der Waals surface area contributed by atoms with Crippen LogP contribution in [0.25, 0.3) is 0 Å². The van der Waals surface area contributed by atoms with E-state index < -0.39 is 48.5 Å². The Balaban J connectivity index is 2.31. The van der Waals surface area contributed by atoms with E-state index in [-0.39, 0.29) is 30.6 Å². The molecule has 1 aromatic rings. The second-order valence-corrected chi connectivity index (χ2v) is 9.26. The monoisotopic (exact) mass is 393 g/mol. The van der Waals surface area contributed by atoms with Gasteiger partial charge in [0.25, 0.3) is 0 Å². The van der Waals surface area contributed by atoms with Crippen molar-refractivity contribution in [3.63, 3.8) is 0 Å². The van der Waals surface area contributed by atoms with Gasteiger partial charge in [0.1, 0.15) is 0 Å². The Kier molecular flexibility index (Phi) is 4.83. The van der Waals surface area contributed by atoms with Crippen LogP contribution in [0.15, 0.2) is 12.1 Å². The van der Waals surface area contributed by atoms with Crippen molar-refractivity contribution in [3.8, 4) is 0 Å². The SMILES string of the molecule is O=S(=O)(CCS(=O)(=O)C(F)(F)F)N1CCCc2cc(F)c(F)cc21. The highest BCUT2D eigenvalue weighted by atomic mass is 32.2. The first kappa shape index (κ1) is 18.9. The maximum atomic E-state index is 13.4. The highest BCUT2D eigenvalue weighted by molar-refractivity contribution is 7.96. The summed E-state index contributed by atoms with van der Waals surface area (Å²) in [5.41, 5.74) is -5.57. The van der Waals surface area contributed by atoms with Gasteiger partial charge < -0.3 is 0 Å². The molecule has 0 bridgehead atoms. The number of alkyl halides is 3. The van der Waals surface area contributed by atoms with E-state index in [0.29, 0.717) is 10.4 Å². The number of hydrogen-bond donors (Lipinski definition) is 0. The fraction of sp³-hybridized carbons (Fsp3) is 0.500. The highest BCUT2D eigenvalue weighted by Gasteiger charge is 2.46. The molecule has 1 aromatic carbocycles. The Hall–Kier alpha value is -1.43. The van der Waals surface area contributed by atoms with E-state index in [1.165, 1.54) is 0 Å². The summed E-state index contributed by atoms with van der Waals surface area (Å²) in [5, 5.41) is 0. The lowest BCUT2D eigenvalue weighted by Crippen LogP contribution is -2.40. The first-order chi connectivity index (χ1) is 10.8. The van der Waals surface area contributed by atoms with Crippen LogP contribution in [-0.2, 0) is 26.3 Å². The number of hydrogen-bond acceptors (Lipinski definition) is 4. The fourth-order valence-electron chi connectivity index (χ4n) is 2.27. The second kappa shape index (κ2) is 6.14. The maximum Gasteiger partial charge on any atom is 0.497 e. The molecule has 0 unspecified atom stereocenters. The number of rotatable bonds is 4. The van der Waals surface area contributed by atoms with Gasteiger partial charge >= 0.3 is 5.51 Å². The Labute approximate surface area is 135 Å². The van der Waals surface area contributed by atoms with Crippen LogP contribution in [-0.4, -0.2) is 40.4 Å². The van der Waals surface area contributed by atoms with Gasteiger partial charge in [-0.1, -0.05) is 0 Å². The summed E-state index contributed by atoms with van der Waals surface area (Å²) >= 11 is 0. The molecule has 1 aliphatic rings. The smallest absolute Gasteiger partial charge is 0.270 e. The summed E-state index contributed by atoms with van der Waals surface area (Å²) in [4.78, 5) is 0. The molecule has 0 atom stereocenters. The number of sulfone groups is 1. The molecule has 0 aliphatic carbocycles. The van der Waals surface area contributed by atoms with E-state index in [9.17, 15) is 38.8 Å². The van der Waals surface area contributed by atoms with Crippen LogP contribution >= 0.6 is 0 Å². The largest absolute Gasteiger partial charge is 0.497 e. The zero-order valence-electron chi connectivity index (χ0n) is 12.0. The van der Waals surface area contributed by atoms with Crippen LogP contribution in [0.5, 0.6) is 0 Å². The molecular weight excluding hydrogens is 381 g/mol. The van der Waals surface area contributed by atoms with E-state index >= 15 is 0 Å². The molecule has 0 N–H and O–H groups in total. The summed E-state index contributed by atoms with van der Waals surface area (Å²) < 4.78 is 111. The summed E-state index contributed by atoms with van der Waals surface area (Å²) in [5.74, 6) is -5.44. The average molecular weight is 393 g/mol. The molecule has 1 aliphatic heterocycles. The van der Waals surface area contributed by atoms with E-state index in [1.54, 1.807) is 0 Å². The number of benzene rings is 1. The summed E-state index contributed by atoms with van der Waals surface area (Å²) in [7, 11) is -10.1. The van der Waals surface area contributed by atoms with Crippen LogP contribution < -0.4 is 4.31 Å². The minimum absolute atomic E-state index is 0.160. The van der Waals surface area contributed by atoms with Gasteiger partial charge in [-0.3, -0.25) is 4.31 Å². The molecule has 2 rings (SSSR count). The Morgan fingerprint density at radius 2 is 1.58 bits per heavy atom. The predicted octanol–water partition coefficient (Wildman–Crippen LogP) is 1.98. The summed E-state index contributed by atoms with van der Waals surface area (Å²) in [6, 6.07) is 1.46. The molecule has 0 radical (unpaired) electrons. The van der Waals surface area contributed by atoms with Crippen molar-refractivity contribution in [1.29, 1.82) is 0 Å². The zero-order valence-corrected chi connectivity index (χ0v) is 13.6. The van der Waals surface area contributed by atoms with Crippen molar-refractivity contribution in [1.82, 2.24) is 0 Å². The molecule has 0 aromatic heterocycles. The van der Waals surface area contributed by atoms with Crippen molar-refractivity contribution in [3.05, 3.63) is 29.3 Å². The molecule has 1 heterocycles. The molecule has 0 saturated carbocycles. The number of fused-ring (bicyclic) bond motifs is 1. The van der Waals surface area contributed by atoms with Crippen LogP contribution in [0.3, 0.4) is 0 Å². The number of anilines is 1. The molecule has 5 nitrogen and oxygen atoms in total. The first-order valence-electron chi connectivity index (χ1n) is 6.62. The Bertz CT molecular complexity index is 849. The van der Waals surface area contributed by atoms with E-state index in [4.69, 9.17) is 0 Å². The molecule has 136 valence electrons. The summed E-state index contributed by atoms with van der Waals surface area (Å²) in [6.45, 7) is -0.160. The van der Waals surface area contributed by atoms with E-state index in [2.05, 4.69) is 0 Å². The topological polar surface area (TPSA) is 71.5 Å². The lowest BCUT2D eigenvalue weighted by molar-refractivity contribution is -0.0434. The van der Waals surface area contributed by atoms with Crippen molar-refractivity contribution < 1.29 is 38.8 Å². The predicted molar refractivity (Wildman–Crippen MR) is 75.7 cm³/mol. The van der Waals surface area contributed by atoms with Crippen molar-refractivity contribution >= 4 is 25.5 Å². The van der Waals surface area contributed by atoms with Gasteiger partial charge in [0, 0.05) is 12.6 Å². The average Bonchev–Trinajstić information content (AvgIpc) is 2.45. The van der Waals surface area contributed by atoms with Crippen molar-refractivity contribution in [2.24, 2.45) is 0 Å². The minimum atomic E-state index is -5.60. The third kappa shape index (κ3) is 3.63. The third-order valence-corrected chi connectivity index (χ3v) is 6.97. The van der Waals surface area contributed by atoms with Crippen LogP contribution in [0.4, 0.5) is 27.6 Å². The molecule has 0 amide bonds. The molecule has 0 spiro atoms. The Morgan fingerprint density at radius 1 is 1.00 bits per heavy atom. The van der Waals surface area contributed by atoms with Gasteiger partial charge in [-0.15, -0.1) is 0 Å². The minimum Gasteiger partial charge on any atom is -0.270 e. The number of aryl methyl sites for hydroxylation is 1. The van der Waals surface area contributed by atoms with Crippen LogP contribution in [0.2, 0.25) is 0 Å². The maximum absolute atomic E-state index is 13.4. The number of halogens is 5. The quantitative estimate of drug-likeness (QED) is 0.734. The molecule has 24 heavy (non-hydrogen) atoms. The fourth-order valence-corrected chi connectivity index (χ4v) is 5.32. The second-order valence-electron chi connectivity index (χ2n) is 5.15. The third-order valence-electron chi connectivity index (χ3n) is 3.50. The number of nitrogens with zero attached hydrogens (tertiary/aromatic N) is 1. The van der Waals surface area contributed by atoms with Crippen molar-refractivity contribution in [2.75, 3.05) is 22.4 Å². The molecule has 12 heteroatoms. The molecule has 0 saturated heterocycles.